The molecule has 0 aromatic heterocycles. The minimum atomic E-state index is 0.881. The van der Waals surface area contributed by atoms with Gasteiger partial charge in [-0.2, -0.15) is 0 Å². The molecule has 1 rings (SSSR count). The topological polar surface area (TPSA) is 9.23 Å². The van der Waals surface area contributed by atoms with E-state index in [1.165, 1.54) is 12.8 Å². The largest absolute Gasteiger partial charge is 0.497 e. The summed E-state index contributed by atoms with van der Waals surface area (Å²) in [5.74, 6) is 7.03. The van der Waals surface area contributed by atoms with Crippen LogP contribution in [-0.4, -0.2) is 7.11 Å². The van der Waals surface area contributed by atoms with Crippen LogP contribution in [0.2, 0.25) is 0 Å². The molecule has 0 aliphatic heterocycles. The number of allylic oxidation sites excluding steroid dienone is 1. The Balaban J connectivity index is 2.45. The number of benzene rings is 1. The van der Waals surface area contributed by atoms with Crippen LogP contribution in [-0.2, 0) is 0 Å². The van der Waals surface area contributed by atoms with E-state index in [-0.39, 0.29) is 0 Å². The van der Waals surface area contributed by atoms with Crippen molar-refractivity contribution >= 4 is 6.08 Å². The quantitative estimate of drug-likeness (QED) is 0.545. The van der Waals surface area contributed by atoms with E-state index in [4.69, 9.17) is 4.74 Å². The zero-order valence-electron chi connectivity index (χ0n) is 9.99. The Hall–Kier alpha value is -1.68. The SMILES string of the molecule is CCCCC#CC=Cc1ccc(OC)cc1. The van der Waals surface area contributed by atoms with Gasteiger partial charge in [0.2, 0.25) is 0 Å². The molecule has 0 saturated heterocycles. The first-order valence-corrected chi connectivity index (χ1v) is 5.66. The monoisotopic (exact) mass is 214 g/mol. The third-order valence-corrected chi connectivity index (χ3v) is 2.23. The molecule has 0 saturated carbocycles. The van der Waals surface area contributed by atoms with Crippen LogP contribution in [0, 0.1) is 11.8 Å². The van der Waals surface area contributed by atoms with Gasteiger partial charge in [0.25, 0.3) is 0 Å². The second-order valence-electron chi connectivity index (χ2n) is 3.53. The molecule has 1 aromatic carbocycles. The number of unbranched alkanes of at least 4 members (excludes halogenated alkanes) is 2. The molecule has 0 bridgehead atoms. The van der Waals surface area contributed by atoms with E-state index >= 15 is 0 Å². The second-order valence-corrected chi connectivity index (χ2v) is 3.53. The highest BCUT2D eigenvalue weighted by Crippen LogP contribution is 2.11. The van der Waals surface area contributed by atoms with Gasteiger partial charge in [-0.05, 0) is 36.3 Å². The van der Waals surface area contributed by atoms with Gasteiger partial charge in [0.15, 0.2) is 0 Å². The molecule has 16 heavy (non-hydrogen) atoms. The highest BCUT2D eigenvalue weighted by atomic mass is 16.5. The Bertz CT molecular complexity index is 376. The zero-order chi connectivity index (χ0) is 11.6. The Kier molecular flexibility index (Phi) is 5.88. The summed E-state index contributed by atoms with van der Waals surface area (Å²) in [7, 11) is 1.67. The van der Waals surface area contributed by atoms with E-state index < -0.39 is 0 Å². The molecule has 0 amide bonds. The Morgan fingerprint density at radius 2 is 2.00 bits per heavy atom. The summed E-state index contributed by atoms with van der Waals surface area (Å²) in [4.78, 5) is 0. The first-order valence-electron chi connectivity index (χ1n) is 5.66. The molecule has 0 spiro atoms. The first kappa shape index (κ1) is 12.4. The summed E-state index contributed by atoms with van der Waals surface area (Å²) in [6, 6.07) is 7.93. The van der Waals surface area contributed by atoms with Crippen LogP contribution >= 0.6 is 0 Å². The van der Waals surface area contributed by atoms with Gasteiger partial charge in [-0.1, -0.05) is 37.3 Å². The summed E-state index contributed by atoms with van der Waals surface area (Å²) in [5, 5.41) is 0. The molecule has 1 heteroatoms. The van der Waals surface area contributed by atoms with Crippen molar-refractivity contribution in [2.45, 2.75) is 26.2 Å². The van der Waals surface area contributed by atoms with Gasteiger partial charge in [-0.3, -0.25) is 0 Å². The molecule has 0 fully saturated rings. The van der Waals surface area contributed by atoms with Crippen LogP contribution < -0.4 is 4.74 Å². The molecule has 0 atom stereocenters. The average Bonchev–Trinajstić information content (AvgIpc) is 2.34. The molecule has 1 nitrogen and oxygen atoms in total. The Morgan fingerprint density at radius 3 is 2.62 bits per heavy atom. The van der Waals surface area contributed by atoms with E-state index in [9.17, 15) is 0 Å². The highest BCUT2D eigenvalue weighted by Gasteiger charge is 1.88. The van der Waals surface area contributed by atoms with Crippen molar-refractivity contribution in [3.63, 3.8) is 0 Å². The summed E-state index contributed by atoms with van der Waals surface area (Å²) < 4.78 is 5.09. The van der Waals surface area contributed by atoms with E-state index in [2.05, 4.69) is 18.8 Å². The van der Waals surface area contributed by atoms with Gasteiger partial charge in [0.1, 0.15) is 5.75 Å². The maximum absolute atomic E-state index is 5.09. The molecule has 0 N–H and O–H groups in total. The van der Waals surface area contributed by atoms with Crippen molar-refractivity contribution in [1.29, 1.82) is 0 Å². The fraction of sp³-hybridized carbons (Fsp3) is 0.333. The summed E-state index contributed by atoms with van der Waals surface area (Å²) in [6.07, 6.45) is 7.29. The lowest BCUT2D eigenvalue weighted by Crippen LogP contribution is -1.81. The fourth-order valence-electron chi connectivity index (χ4n) is 1.25. The number of hydrogen-bond acceptors (Lipinski definition) is 1. The molecule has 0 unspecified atom stereocenters. The summed E-state index contributed by atoms with van der Waals surface area (Å²) in [6.45, 7) is 2.18. The molecule has 1 aromatic rings. The minimum absolute atomic E-state index is 0.881. The summed E-state index contributed by atoms with van der Waals surface area (Å²) in [5.41, 5.74) is 1.14. The van der Waals surface area contributed by atoms with Crippen LogP contribution in [0.1, 0.15) is 31.7 Å². The standard InChI is InChI=1S/C15H18O/c1-3-4-5-6-7-8-9-14-10-12-15(16-2)13-11-14/h8-13H,3-5H2,1-2H3. The summed E-state index contributed by atoms with van der Waals surface area (Å²) >= 11 is 0. The number of hydrogen-bond donors (Lipinski definition) is 0. The second kappa shape index (κ2) is 7.59. The molecular formula is C15H18O. The smallest absolute Gasteiger partial charge is 0.118 e. The van der Waals surface area contributed by atoms with Gasteiger partial charge in [0.05, 0.1) is 7.11 Å². The van der Waals surface area contributed by atoms with Crippen molar-refractivity contribution in [3.05, 3.63) is 35.9 Å². The molecule has 84 valence electrons. The molecular weight excluding hydrogens is 196 g/mol. The molecule has 0 heterocycles. The van der Waals surface area contributed by atoms with Crippen LogP contribution in [0.4, 0.5) is 0 Å². The lowest BCUT2D eigenvalue weighted by molar-refractivity contribution is 0.415. The Morgan fingerprint density at radius 1 is 1.25 bits per heavy atom. The van der Waals surface area contributed by atoms with Gasteiger partial charge in [0, 0.05) is 6.42 Å². The number of ether oxygens (including phenoxy) is 1. The normalized spacial score (nSPS) is 9.88. The van der Waals surface area contributed by atoms with Gasteiger partial charge in [-0.15, -0.1) is 0 Å². The lowest BCUT2D eigenvalue weighted by Gasteiger charge is -1.98. The fourth-order valence-corrected chi connectivity index (χ4v) is 1.25. The highest BCUT2D eigenvalue weighted by molar-refractivity contribution is 5.53. The van der Waals surface area contributed by atoms with Crippen LogP contribution in [0.15, 0.2) is 30.3 Å². The van der Waals surface area contributed by atoms with E-state index in [0.29, 0.717) is 0 Å². The number of methoxy groups -OCH3 is 1. The van der Waals surface area contributed by atoms with Crippen molar-refractivity contribution in [1.82, 2.24) is 0 Å². The van der Waals surface area contributed by atoms with Gasteiger partial charge in [-0.25, -0.2) is 0 Å². The van der Waals surface area contributed by atoms with E-state index in [1.807, 2.05) is 36.4 Å². The Labute approximate surface area is 98.1 Å². The van der Waals surface area contributed by atoms with Gasteiger partial charge < -0.3 is 4.74 Å². The van der Waals surface area contributed by atoms with Crippen LogP contribution in [0.5, 0.6) is 5.75 Å². The van der Waals surface area contributed by atoms with Gasteiger partial charge >= 0.3 is 0 Å². The van der Waals surface area contributed by atoms with E-state index in [0.717, 1.165) is 17.7 Å². The zero-order valence-corrected chi connectivity index (χ0v) is 9.99. The van der Waals surface area contributed by atoms with Crippen molar-refractivity contribution in [2.75, 3.05) is 7.11 Å². The van der Waals surface area contributed by atoms with Crippen molar-refractivity contribution < 1.29 is 4.74 Å². The maximum atomic E-state index is 5.09. The minimum Gasteiger partial charge on any atom is -0.497 e. The molecule has 0 aliphatic rings. The molecule has 0 aliphatic carbocycles. The average molecular weight is 214 g/mol. The third kappa shape index (κ3) is 4.70. The maximum Gasteiger partial charge on any atom is 0.118 e. The molecule has 0 radical (unpaired) electrons. The predicted molar refractivity (Wildman–Crippen MR) is 69.3 cm³/mol. The van der Waals surface area contributed by atoms with Crippen molar-refractivity contribution in [3.8, 4) is 17.6 Å². The third-order valence-electron chi connectivity index (χ3n) is 2.23. The predicted octanol–water partition coefficient (Wildman–Crippen LogP) is 3.90. The lowest BCUT2D eigenvalue weighted by atomic mass is 10.2. The van der Waals surface area contributed by atoms with E-state index in [1.54, 1.807) is 7.11 Å². The number of rotatable bonds is 4. The first-order chi connectivity index (χ1) is 7.86. The van der Waals surface area contributed by atoms with Crippen LogP contribution in [0.3, 0.4) is 0 Å². The van der Waals surface area contributed by atoms with Crippen LogP contribution in [0.25, 0.3) is 6.08 Å². The van der Waals surface area contributed by atoms with Crippen molar-refractivity contribution in [2.24, 2.45) is 0 Å².